The SMILES string of the molecule is c1cc(C(CN2CCCC2)N2CCNCC2)c[nH]1. The minimum absolute atomic E-state index is 0.566. The van der Waals surface area contributed by atoms with Crippen molar-refractivity contribution in [2.75, 3.05) is 45.8 Å². The molecule has 0 aromatic carbocycles. The molecular weight excluding hydrogens is 224 g/mol. The van der Waals surface area contributed by atoms with Gasteiger partial charge in [-0.25, -0.2) is 0 Å². The maximum Gasteiger partial charge on any atom is 0.0491 e. The maximum atomic E-state index is 3.45. The van der Waals surface area contributed by atoms with Crippen LogP contribution in [0.4, 0.5) is 0 Å². The zero-order chi connectivity index (χ0) is 12.2. The van der Waals surface area contributed by atoms with E-state index >= 15 is 0 Å². The van der Waals surface area contributed by atoms with Gasteiger partial charge in [0.2, 0.25) is 0 Å². The Morgan fingerprint density at radius 3 is 2.56 bits per heavy atom. The molecule has 0 bridgehead atoms. The van der Waals surface area contributed by atoms with E-state index in [0.29, 0.717) is 6.04 Å². The molecule has 0 spiro atoms. The van der Waals surface area contributed by atoms with Gasteiger partial charge in [-0.1, -0.05) is 0 Å². The number of nitrogens with zero attached hydrogens (tertiary/aromatic N) is 2. The van der Waals surface area contributed by atoms with Crippen LogP contribution in [-0.4, -0.2) is 60.6 Å². The number of aromatic amines is 1. The predicted molar refractivity (Wildman–Crippen MR) is 73.7 cm³/mol. The van der Waals surface area contributed by atoms with Crippen LogP contribution in [0, 0.1) is 0 Å². The Labute approximate surface area is 109 Å². The van der Waals surface area contributed by atoms with Crippen molar-refractivity contribution < 1.29 is 0 Å². The highest BCUT2D eigenvalue weighted by Gasteiger charge is 2.25. The van der Waals surface area contributed by atoms with Gasteiger partial charge in [0.15, 0.2) is 0 Å². The van der Waals surface area contributed by atoms with Crippen molar-refractivity contribution in [3.05, 3.63) is 24.0 Å². The summed E-state index contributed by atoms with van der Waals surface area (Å²) in [6.07, 6.45) is 6.97. The normalized spacial score (nSPS) is 24.4. The number of H-pyrrole nitrogens is 1. The van der Waals surface area contributed by atoms with Crippen LogP contribution in [0.25, 0.3) is 0 Å². The number of rotatable bonds is 4. The minimum Gasteiger partial charge on any atom is -0.367 e. The Morgan fingerprint density at radius 2 is 1.89 bits per heavy atom. The van der Waals surface area contributed by atoms with E-state index in [4.69, 9.17) is 0 Å². The molecule has 1 unspecified atom stereocenters. The molecule has 2 N–H and O–H groups in total. The fourth-order valence-corrected chi connectivity index (χ4v) is 3.18. The fourth-order valence-electron chi connectivity index (χ4n) is 3.18. The highest BCUT2D eigenvalue weighted by Crippen LogP contribution is 2.23. The van der Waals surface area contributed by atoms with E-state index in [1.807, 2.05) is 0 Å². The van der Waals surface area contributed by atoms with Crippen molar-refractivity contribution in [3.8, 4) is 0 Å². The number of piperazine rings is 1. The molecule has 100 valence electrons. The van der Waals surface area contributed by atoms with E-state index in [0.717, 1.165) is 13.1 Å². The maximum absolute atomic E-state index is 3.45. The smallest absolute Gasteiger partial charge is 0.0491 e. The first-order valence-corrected chi connectivity index (χ1v) is 7.23. The third kappa shape index (κ3) is 2.76. The number of hydrogen-bond acceptors (Lipinski definition) is 3. The monoisotopic (exact) mass is 248 g/mol. The lowest BCUT2D eigenvalue weighted by Crippen LogP contribution is -2.47. The van der Waals surface area contributed by atoms with Crippen molar-refractivity contribution >= 4 is 0 Å². The first kappa shape index (κ1) is 12.2. The summed E-state index contributed by atoms with van der Waals surface area (Å²) < 4.78 is 0. The molecule has 3 heterocycles. The minimum atomic E-state index is 0.566. The lowest BCUT2D eigenvalue weighted by atomic mass is 10.1. The summed E-state index contributed by atoms with van der Waals surface area (Å²) in [7, 11) is 0. The average molecular weight is 248 g/mol. The standard InChI is InChI=1S/C14H24N4/c1-2-8-17(7-1)12-14(13-3-4-16-11-13)18-9-5-15-6-10-18/h3-4,11,14-16H,1-2,5-10,12H2. The second kappa shape index (κ2) is 5.87. The van der Waals surface area contributed by atoms with Crippen LogP contribution < -0.4 is 5.32 Å². The van der Waals surface area contributed by atoms with Crippen LogP contribution in [0.1, 0.15) is 24.4 Å². The molecule has 0 saturated carbocycles. The molecule has 2 aliphatic rings. The molecule has 2 aliphatic heterocycles. The van der Waals surface area contributed by atoms with E-state index in [2.05, 4.69) is 38.6 Å². The molecule has 4 heteroatoms. The van der Waals surface area contributed by atoms with Crippen LogP contribution in [0.2, 0.25) is 0 Å². The third-order valence-electron chi connectivity index (χ3n) is 4.23. The Morgan fingerprint density at radius 1 is 1.11 bits per heavy atom. The van der Waals surface area contributed by atoms with Crippen molar-refractivity contribution in [1.29, 1.82) is 0 Å². The van der Waals surface area contributed by atoms with Gasteiger partial charge in [0.1, 0.15) is 0 Å². The van der Waals surface area contributed by atoms with Crippen LogP contribution in [0.3, 0.4) is 0 Å². The molecule has 18 heavy (non-hydrogen) atoms. The first-order valence-electron chi connectivity index (χ1n) is 7.23. The molecular formula is C14H24N4. The zero-order valence-corrected chi connectivity index (χ0v) is 11.1. The molecule has 1 atom stereocenters. The zero-order valence-electron chi connectivity index (χ0n) is 11.1. The van der Waals surface area contributed by atoms with Crippen LogP contribution in [0.15, 0.2) is 18.5 Å². The van der Waals surface area contributed by atoms with Gasteiger partial charge in [0.25, 0.3) is 0 Å². The molecule has 0 radical (unpaired) electrons. The van der Waals surface area contributed by atoms with Gasteiger partial charge in [0, 0.05) is 51.2 Å². The molecule has 3 rings (SSSR count). The second-order valence-electron chi connectivity index (χ2n) is 5.45. The molecule has 4 nitrogen and oxygen atoms in total. The predicted octanol–water partition coefficient (Wildman–Crippen LogP) is 1.06. The van der Waals surface area contributed by atoms with Crippen LogP contribution in [-0.2, 0) is 0 Å². The van der Waals surface area contributed by atoms with Crippen molar-refractivity contribution in [1.82, 2.24) is 20.1 Å². The van der Waals surface area contributed by atoms with Gasteiger partial charge >= 0.3 is 0 Å². The number of aromatic nitrogens is 1. The summed E-state index contributed by atoms with van der Waals surface area (Å²) in [4.78, 5) is 8.47. The van der Waals surface area contributed by atoms with Crippen LogP contribution in [0.5, 0.6) is 0 Å². The molecule has 0 aliphatic carbocycles. The van der Waals surface area contributed by atoms with Gasteiger partial charge in [-0.3, -0.25) is 4.90 Å². The topological polar surface area (TPSA) is 34.3 Å². The average Bonchev–Trinajstić information content (AvgIpc) is 3.10. The summed E-state index contributed by atoms with van der Waals surface area (Å²) >= 11 is 0. The highest BCUT2D eigenvalue weighted by molar-refractivity contribution is 5.15. The Balaban J connectivity index is 1.70. The van der Waals surface area contributed by atoms with Crippen molar-refractivity contribution in [2.45, 2.75) is 18.9 Å². The highest BCUT2D eigenvalue weighted by atomic mass is 15.3. The summed E-state index contributed by atoms with van der Waals surface area (Å²) in [6.45, 7) is 8.35. The third-order valence-corrected chi connectivity index (χ3v) is 4.23. The van der Waals surface area contributed by atoms with Gasteiger partial charge in [-0.2, -0.15) is 0 Å². The lowest BCUT2D eigenvalue weighted by Gasteiger charge is -2.36. The summed E-state index contributed by atoms with van der Waals surface area (Å²) in [5, 5.41) is 3.45. The molecule has 2 fully saturated rings. The quantitative estimate of drug-likeness (QED) is 0.836. The second-order valence-corrected chi connectivity index (χ2v) is 5.45. The van der Waals surface area contributed by atoms with Gasteiger partial charge in [-0.05, 0) is 37.6 Å². The van der Waals surface area contributed by atoms with E-state index in [1.54, 1.807) is 0 Å². The van der Waals surface area contributed by atoms with Crippen LogP contribution >= 0.6 is 0 Å². The Kier molecular flexibility index (Phi) is 3.98. The Bertz CT molecular complexity index is 337. The van der Waals surface area contributed by atoms with Gasteiger partial charge < -0.3 is 15.2 Å². The molecule has 1 aromatic heterocycles. The largest absolute Gasteiger partial charge is 0.367 e. The van der Waals surface area contributed by atoms with E-state index in [1.165, 1.54) is 51.1 Å². The van der Waals surface area contributed by atoms with Crippen molar-refractivity contribution in [2.24, 2.45) is 0 Å². The molecule has 2 saturated heterocycles. The lowest BCUT2D eigenvalue weighted by molar-refractivity contribution is 0.135. The van der Waals surface area contributed by atoms with Gasteiger partial charge in [-0.15, -0.1) is 0 Å². The fraction of sp³-hybridized carbons (Fsp3) is 0.714. The first-order chi connectivity index (χ1) is 8.93. The van der Waals surface area contributed by atoms with E-state index in [9.17, 15) is 0 Å². The van der Waals surface area contributed by atoms with Crippen molar-refractivity contribution in [3.63, 3.8) is 0 Å². The summed E-state index contributed by atoms with van der Waals surface area (Å²) in [5.41, 5.74) is 1.45. The summed E-state index contributed by atoms with van der Waals surface area (Å²) in [6, 6.07) is 2.81. The molecule has 0 amide bonds. The molecule has 1 aromatic rings. The summed E-state index contributed by atoms with van der Waals surface area (Å²) in [5.74, 6) is 0. The number of nitrogens with one attached hydrogen (secondary N) is 2. The van der Waals surface area contributed by atoms with Gasteiger partial charge in [0.05, 0.1) is 0 Å². The van der Waals surface area contributed by atoms with E-state index < -0.39 is 0 Å². The number of hydrogen-bond donors (Lipinski definition) is 2. The number of likely N-dealkylation sites (tertiary alicyclic amines) is 1. The van der Waals surface area contributed by atoms with E-state index in [-0.39, 0.29) is 0 Å². The Hall–Kier alpha value is -0.840.